The molecule has 2 aliphatic heterocycles. The van der Waals surface area contributed by atoms with Crippen molar-refractivity contribution in [2.24, 2.45) is 0 Å². The van der Waals surface area contributed by atoms with Crippen molar-refractivity contribution in [2.45, 2.75) is 0 Å². The van der Waals surface area contributed by atoms with Crippen molar-refractivity contribution in [3.8, 4) is 135 Å². The molecule has 0 bridgehead atoms. The fourth-order valence-electron chi connectivity index (χ4n) is 15.0. The Bertz CT molecular complexity index is 6230. The average Bonchev–Trinajstić information content (AvgIpc) is 1.58. The fraction of sp³-hybridized carbons (Fsp3) is 0. The minimum absolute atomic E-state index is 0.678. The minimum atomic E-state index is 0.678. The average molecular weight is 1330 g/mol. The van der Waals surface area contributed by atoms with Crippen LogP contribution in [-0.4, -0.2) is 39.0 Å². The summed E-state index contributed by atoms with van der Waals surface area (Å²) in [5.41, 5.74) is 30.2. The first kappa shape index (κ1) is 59.8. The molecule has 4 aromatic heterocycles. The number of hydrogen-bond acceptors (Lipinski definition) is 8. The number of hydrogen-bond donors (Lipinski definition) is 0. The number of imidazole rings is 2. The van der Waals surface area contributed by atoms with Gasteiger partial charge in [-0.2, -0.15) is 0 Å². The Labute approximate surface area is 600 Å². The summed E-state index contributed by atoms with van der Waals surface area (Å²) in [5, 5.41) is 0. The molecule has 0 unspecified atom stereocenters. The van der Waals surface area contributed by atoms with Crippen molar-refractivity contribution in [3.63, 3.8) is 0 Å². The van der Waals surface area contributed by atoms with Gasteiger partial charge in [0.25, 0.3) is 0 Å². The number of anilines is 6. The van der Waals surface area contributed by atoms with Gasteiger partial charge in [0.1, 0.15) is 0 Å². The molecule has 0 spiro atoms. The lowest BCUT2D eigenvalue weighted by atomic mass is 9.95. The Kier molecular flexibility index (Phi) is 14.3. The number of nitrogens with zero attached hydrogens (tertiary/aromatic N) is 10. The maximum Gasteiger partial charge on any atom is 0.220 e. The summed E-state index contributed by atoms with van der Waals surface area (Å²) in [7, 11) is 0. The second-order valence-electron chi connectivity index (χ2n) is 26.3. The van der Waals surface area contributed by atoms with Crippen LogP contribution in [0.25, 0.3) is 157 Å². The number of fused-ring (bicyclic) bond motifs is 14. The van der Waals surface area contributed by atoms with Gasteiger partial charge < -0.3 is 0 Å². The van der Waals surface area contributed by atoms with Crippen molar-refractivity contribution in [1.82, 2.24) is 39.0 Å². The number of benzene rings is 14. The van der Waals surface area contributed by atoms with Crippen molar-refractivity contribution in [1.29, 1.82) is 0 Å². The third-order valence-electron chi connectivity index (χ3n) is 20.1. The first-order valence-electron chi connectivity index (χ1n) is 35.0. The van der Waals surface area contributed by atoms with Crippen LogP contribution in [0.2, 0.25) is 0 Å². The van der Waals surface area contributed by atoms with E-state index < -0.39 is 0 Å². The van der Waals surface area contributed by atoms with E-state index in [-0.39, 0.29) is 0 Å². The number of aromatic nitrogens is 8. The van der Waals surface area contributed by atoms with Crippen LogP contribution in [0, 0.1) is 0 Å². The minimum Gasteiger partial charge on any atom is -0.280 e. The molecule has 0 saturated heterocycles. The zero-order chi connectivity index (χ0) is 68.6. The summed E-state index contributed by atoms with van der Waals surface area (Å²) in [4.78, 5) is 36.3. The van der Waals surface area contributed by atoms with E-state index in [0.717, 1.165) is 180 Å². The van der Waals surface area contributed by atoms with E-state index in [1.807, 2.05) is 60.7 Å². The second kappa shape index (κ2) is 24.9. The summed E-state index contributed by atoms with van der Waals surface area (Å²) in [6.45, 7) is 0. The monoisotopic (exact) mass is 1330 g/mol. The quantitative estimate of drug-likeness (QED) is 0.126. The van der Waals surface area contributed by atoms with E-state index in [0.29, 0.717) is 11.6 Å². The highest BCUT2D eigenvalue weighted by Gasteiger charge is 2.32. The van der Waals surface area contributed by atoms with E-state index in [4.69, 9.17) is 29.9 Å². The number of rotatable bonds is 11. The zero-order valence-corrected chi connectivity index (χ0v) is 56.1. The van der Waals surface area contributed by atoms with Crippen LogP contribution >= 0.6 is 0 Å². The van der Waals surface area contributed by atoms with Crippen LogP contribution in [-0.2, 0) is 0 Å². The summed E-state index contributed by atoms with van der Waals surface area (Å²) in [5.74, 6) is 2.96. The summed E-state index contributed by atoms with van der Waals surface area (Å²) in [6, 6.07) is 129. The third-order valence-corrected chi connectivity index (χ3v) is 20.1. The predicted octanol–water partition coefficient (Wildman–Crippen LogP) is 23.8. The topological polar surface area (TPSA) is 93.7 Å². The normalized spacial score (nSPS) is 12.0. The molecule has 14 aromatic carbocycles. The molecule has 10 nitrogen and oxygen atoms in total. The molecule has 486 valence electrons. The lowest BCUT2D eigenvalue weighted by Gasteiger charge is -2.25. The molecule has 0 radical (unpaired) electrons. The van der Waals surface area contributed by atoms with E-state index in [1.54, 1.807) is 0 Å². The van der Waals surface area contributed by atoms with E-state index in [9.17, 15) is 0 Å². The molecule has 0 N–H and O–H groups in total. The standard InChI is InChI=1S/C94H60N10/c1-5-23-63(24-6-1)80-59-82(97-91(95-80)66-27-9-3-10-28-66)65-45-43-61(44-46-65)62-47-51-73(52-48-62)101-85-39-17-13-35-75(85)76-36-14-18-40-86(76)104-90-54-50-71(58-84(90)100-94(101)104)70-49-53-88-78(57-70)77-37-15-19-41-87(77)103-89-42-20-16-38-79(89)99-93(103)102(88)74-34-22-32-69(56-74)68-31-21-33-72(55-68)83-60-81(64-25-7-2-8-26-64)96-92(98-83)67-29-11-4-12-30-67/h1-60H. The Balaban J connectivity index is 0.672. The molecule has 2 aliphatic rings. The van der Waals surface area contributed by atoms with E-state index in [2.05, 4.69) is 322 Å². The molecule has 0 aliphatic carbocycles. The van der Waals surface area contributed by atoms with Gasteiger partial charge in [0.05, 0.1) is 67.6 Å². The molecule has 104 heavy (non-hydrogen) atoms. The van der Waals surface area contributed by atoms with Crippen molar-refractivity contribution < 1.29 is 0 Å². The number of para-hydroxylation sites is 5. The van der Waals surface area contributed by atoms with Gasteiger partial charge in [-0.1, -0.05) is 267 Å². The van der Waals surface area contributed by atoms with Crippen molar-refractivity contribution >= 4 is 56.7 Å². The van der Waals surface area contributed by atoms with Crippen molar-refractivity contribution in [2.75, 3.05) is 9.80 Å². The van der Waals surface area contributed by atoms with Crippen LogP contribution < -0.4 is 9.80 Å². The van der Waals surface area contributed by atoms with Gasteiger partial charge in [0.15, 0.2) is 11.6 Å². The summed E-state index contributed by atoms with van der Waals surface area (Å²) in [6.07, 6.45) is 0. The largest absolute Gasteiger partial charge is 0.280 e. The lowest BCUT2D eigenvalue weighted by molar-refractivity contribution is 1.05. The molecular weight excluding hydrogens is 1270 g/mol. The Morgan fingerprint density at radius 1 is 0.183 bits per heavy atom. The molecule has 0 atom stereocenters. The predicted molar refractivity (Wildman–Crippen MR) is 423 cm³/mol. The SMILES string of the molecule is c1ccc(-c2cc(-c3ccc(-c4ccc(N5c6ccccc6-c6ccccc6-n6c5nc5cc(-c7ccc8c(c7)-c7ccccc7-n7c(nc9ccccc97)N8c7cccc(-c8cccc(-c9cc(-c%10ccccc%10)nc(-c%10ccccc%10)n9)c8)c7)ccc56)cc4)cc3)nc(-c3ccccc3)n2)cc1. The molecule has 10 heteroatoms. The molecule has 20 rings (SSSR count). The molecule has 6 heterocycles. The second-order valence-corrected chi connectivity index (χ2v) is 26.3. The van der Waals surface area contributed by atoms with Gasteiger partial charge in [-0.25, -0.2) is 29.9 Å². The highest BCUT2D eigenvalue weighted by molar-refractivity contribution is 6.01. The van der Waals surface area contributed by atoms with E-state index in [1.165, 1.54) is 0 Å². The molecule has 0 saturated carbocycles. The van der Waals surface area contributed by atoms with Crippen LogP contribution in [0.15, 0.2) is 364 Å². The third kappa shape index (κ3) is 10.4. The van der Waals surface area contributed by atoms with Crippen LogP contribution in [0.5, 0.6) is 0 Å². The Hall–Kier alpha value is -14.2. The van der Waals surface area contributed by atoms with E-state index >= 15 is 0 Å². The van der Waals surface area contributed by atoms with Crippen molar-refractivity contribution in [3.05, 3.63) is 364 Å². The lowest BCUT2D eigenvalue weighted by Crippen LogP contribution is -2.14. The maximum absolute atomic E-state index is 5.71. The smallest absolute Gasteiger partial charge is 0.220 e. The fourth-order valence-corrected chi connectivity index (χ4v) is 15.0. The van der Waals surface area contributed by atoms with Gasteiger partial charge in [0, 0.05) is 67.0 Å². The highest BCUT2D eigenvalue weighted by atomic mass is 15.3. The zero-order valence-electron chi connectivity index (χ0n) is 56.1. The Morgan fingerprint density at radius 3 is 1.16 bits per heavy atom. The highest BCUT2D eigenvalue weighted by Crippen LogP contribution is 2.52. The first-order valence-corrected chi connectivity index (χ1v) is 35.0. The van der Waals surface area contributed by atoms with Gasteiger partial charge in [-0.3, -0.25) is 18.9 Å². The molecule has 0 fully saturated rings. The van der Waals surface area contributed by atoms with Gasteiger partial charge >= 0.3 is 0 Å². The molecule has 18 aromatic rings. The molecular formula is C94H60N10. The first-order chi connectivity index (χ1) is 51.5. The van der Waals surface area contributed by atoms with Gasteiger partial charge in [0.2, 0.25) is 11.9 Å². The van der Waals surface area contributed by atoms with Crippen LogP contribution in [0.1, 0.15) is 0 Å². The summed E-state index contributed by atoms with van der Waals surface area (Å²) < 4.78 is 4.66. The van der Waals surface area contributed by atoms with Crippen LogP contribution in [0.4, 0.5) is 34.6 Å². The van der Waals surface area contributed by atoms with Gasteiger partial charge in [-0.15, -0.1) is 0 Å². The van der Waals surface area contributed by atoms with Gasteiger partial charge in [-0.05, 0) is 130 Å². The maximum atomic E-state index is 5.71. The summed E-state index contributed by atoms with van der Waals surface area (Å²) >= 11 is 0. The molecule has 0 amide bonds. The van der Waals surface area contributed by atoms with Crippen LogP contribution in [0.3, 0.4) is 0 Å². The Morgan fingerprint density at radius 2 is 0.558 bits per heavy atom.